The van der Waals surface area contributed by atoms with Crippen molar-refractivity contribution in [2.45, 2.75) is 45.6 Å². The third-order valence-corrected chi connectivity index (χ3v) is 4.04. The minimum absolute atomic E-state index is 0.927. The van der Waals surface area contributed by atoms with Crippen molar-refractivity contribution in [1.29, 1.82) is 0 Å². The SMILES string of the molecule is CCCCC(C)C1C2CC2CN1C. The van der Waals surface area contributed by atoms with Crippen molar-refractivity contribution < 1.29 is 0 Å². The highest BCUT2D eigenvalue weighted by Gasteiger charge is 2.52. The quantitative estimate of drug-likeness (QED) is 0.644. The van der Waals surface area contributed by atoms with Gasteiger partial charge >= 0.3 is 0 Å². The van der Waals surface area contributed by atoms with Crippen molar-refractivity contribution in [3.8, 4) is 0 Å². The van der Waals surface area contributed by atoms with Gasteiger partial charge in [0.2, 0.25) is 0 Å². The highest BCUT2D eigenvalue weighted by Crippen LogP contribution is 2.51. The Morgan fingerprint density at radius 2 is 2.23 bits per heavy atom. The van der Waals surface area contributed by atoms with Crippen molar-refractivity contribution in [2.75, 3.05) is 13.6 Å². The van der Waals surface area contributed by atoms with E-state index in [2.05, 4.69) is 25.8 Å². The van der Waals surface area contributed by atoms with Gasteiger partial charge in [-0.3, -0.25) is 0 Å². The fourth-order valence-electron chi connectivity index (χ4n) is 3.27. The molecule has 13 heavy (non-hydrogen) atoms. The molecule has 1 aliphatic carbocycles. The first-order valence-electron chi connectivity index (χ1n) is 5.94. The monoisotopic (exact) mass is 181 g/mol. The Balaban J connectivity index is 1.84. The number of unbranched alkanes of at least 4 members (excludes halogenated alkanes) is 1. The van der Waals surface area contributed by atoms with E-state index in [1.54, 1.807) is 0 Å². The van der Waals surface area contributed by atoms with E-state index in [0.29, 0.717) is 0 Å². The molecule has 4 atom stereocenters. The molecule has 76 valence electrons. The number of piperidine rings is 1. The zero-order chi connectivity index (χ0) is 9.42. The van der Waals surface area contributed by atoms with Crippen LogP contribution in [-0.2, 0) is 0 Å². The molecule has 0 spiro atoms. The summed E-state index contributed by atoms with van der Waals surface area (Å²) in [5.41, 5.74) is 0. The summed E-state index contributed by atoms with van der Waals surface area (Å²) in [6.45, 7) is 6.13. The van der Waals surface area contributed by atoms with Gasteiger partial charge in [0.05, 0.1) is 0 Å². The summed E-state index contributed by atoms with van der Waals surface area (Å²) in [5.74, 6) is 3.10. The van der Waals surface area contributed by atoms with Gasteiger partial charge in [-0.2, -0.15) is 0 Å². The third-order valence-electron chi connectivity index (χ3n) is 4.04. The number of rotatable bonds is 4. The number of hydrogen-bond donors (Lipinski definition) is 0. The lowest BCUT2D eigenvalue weighted by atomic mass is 9.92. The summed E-state index contributed by atoms with van der Waals surface area (Å²) < 4.78 is 0. The van der Waals surface area contributed by atoms with E-state index in [1.807, 2.05) is 0 Å². The maximum absolute atomic E-state index is 2.61. The van der Waals surface area contributed by atoms with Crippen LogP contribution in [0.4, 0.5) is 0 Å². The molecule has 0 N–H and O–H groups in total. The Morgan fingerprint density at radius 3 is 2.77 bits per heavy atom. The highest BCUT2D eigenvalue weighted by molar-refractivity contribution is 5.04. The molecule has 2 rings (SSSR count). The summed E-state index contributed by atoms with van der Waals surface area (Å²) in [4.78, 5) is 2.61. The summed E-state index contributed by atoms with van der Waals surface area (Å²) in [7, 11) is 2.32. The van der Waals surface area contributed by atoms with Gasteiger partial charge in [0.1, 0.15) is 0 Å². The molecule has 1 heteroatoms. The average molecular weight is 181 g/mol. The molecule has 1 saturated carbocycles. The summed E-state index contributed by atoms with van der Waals surface area (Å²) >= 11 is 0. The van der Waals surface area contributed by atoms with Gasteiger partial charge in [0.25, 0.3) is 0 Å². The fraction of sp³-hybridized carbons (Fsp3) is 1.00. The zero-order valence-corrected chi connectivity index (χ0v) is 9.29. The second kappa shape index (κ2) is 3.61. The molecular formula is C12H23N. The summed E-state index contributed by atoms with van der Waals surface area (Å²) in [6.07, 6.45) is 5.75. The van der Waals surface area contributed by atoms with Crippen LogP contribution in [-0.4, -0.2) is 24.5 Å². The van der Waals surface area contributed by atoms with Crippen LogP contribution in [0.1, 0.15) is 39.5 Å². The third kappa shape index (κ3) is 1.76. The van der Waals surface area contributed by atoms with E-state index in [9.17, 15) is 0 Å². The van der Waals surface area contributed by atoms with Crippen LogP contribution in [0.5, 0.6) is 0 Å². The first-order chi connectivity index (χ1) is 6.24. The van der Waals surface area contributed by atoms with Gasteiger partial charge in [0.15, 0.2) is 0 Å². The topological polar surface area (TPSA) is 3.24 Å². The fourth-order valence-corrected chi connectivity index (χ4v) is 3.27. The van der Waals surface area contributed by atoms with Crippen LogP contribution in [0.3, 0.4) is 0 Å². The summed E-state index contributed by atoms with van der Waals surface area (Å²) in [6, 6.07) is 0.927. The van der Waals surface area contributed by atoms with E-state index >= 15 is 0 Å². The molecule has 1 heterocycles. The predicted octanol–water partition coefficient (Wildman–Crippen LogP) is 2.76. The second-order valence-electron chi connectivity index (χ2n) is 5.21. The molecule has 1 nitrogen and oxygen atoms in total. The molecule has 1 aliphatic heterocycles. The lowest BCUT2D eigenvalue weighted by Crippen LogP contribution is -2.34. The number of nitrogens with zero attached hydrogens (tertiary/aromatic N) is 1. The standard InChI is InChI=1S/C12H23N/c1-4-5-6-9(2)12-11-7-10(11)8-13(12)3/h9-12H,4-8H2,1-3H3. The second-order valence-corrected chi connectivity index (χ2v) is 5.21. The van der Waals surface area contributed by atoms with Crippen LogP contribution in [0.15, 0.2) is 0 Å². The van der Waals surface area contributed by atoms with Crippen molar-refractivity contribution in [3.05, 3.63) is 0 Å². The minimum atomic E-state index is 0.927. The van der Waals surface area contributed by atoms with Gasteiger partial charge < -0.3 is 4.90 Å². The maximum Gasteiger partial charge on any atom is 0.0149 e. The Bertz CT molecular complexity index is 176. The zero-order valence-electron chi connectivity index (χ0n) is 9.29. The number of likely N-dealkylation sites (tertiary alicyclic amines) is 1. The molecule has 0 aromatic rings. The van der Waals surface area contributed by atoms with Gasteiger partial charge in [-0.05, 0) is 37.6 Å². The largest absolute Gasteiger partial charge is 0.303 e. The molecular weight excluding hydrogens is 158 g/mol. The first-order valence-corrected chi connectivity index (χ1v) is 5.94. The van der Waals surface area contributed by atoms with Crippen LogP contribution in [0.2, 0.25) is 0 Å². The van der Waals surface area contributed by atoms with Gasteiger partial charge in [-0.1, -0.05) is 26.7 Å². The molecule has 0 aromatic carbocycles. The number of hydrogen-bond acceptors (Lipinski definition) is 1. The molecule has 0 radical (unpaired) electrons. The van der Waals surface area contributed by atoms with Gasteiger partial charge in [-0.15, -0.1) is 0 Å². The highest BCUT2D eigenvalue weighted by atomic mass is 15.2. The van der Waals surface area contributed by atoms with Gasteiger partial charge in [-0.25, -0.2) is 0 Å². The Morgan fingerprint density at radius 1 is 1.46 bits per heavy atom. The Labute approximate surface area is 82.5 Å². The van der Waals surface area contributed by atoms with Crippen LogP contribution in [0, 0.1) is 17.8 Å². The van der Waals surface area contributed by atoms with Crippen molar-refractivity contribution in [3.63, 3.8) is 0 Å². The van der Waals surface area contributed by atoms with Crippen molar-refractivity contribution in [1.82, 2.24) is 4.90 Å². The van der Waals surface area contributed by atoms with Crippen LogP contribution in [0.25, 0.3) is 0 Å². The molecule has 0 bridgehead atoms. The van der Waals surface area contributed by atoms with E-state index in [4.69, 9.17) is 0 Å². The van der Waals surface area contributed by atoms with Crippen molar-refractivity contribution >= 4 is 0 Å². The summed E-state index contributed by atoms with van der Waals surface area (Å²) in [5, 5.41) is 0. The molecule has 2 fully saturated rings. The van der Waals surface area contributed by atoms with Crippen molar-refractivity contribution in [2.24, 2.45) is 17.8 Å². The predicted molar refractivity (Wildman–Crippen MR) is 56.7 cm³/mol. The van der Waals surface area contributed by atoms with E-state index in [1.165, 1.54) is 32.2 Å². The lowest BCUT2D eigenvalue weighted by molar-refractivity contribution is 0.194. The van der Waals surface area contributed by atoms with E-state index in [-0.39, 0.29) is 0 Å². The molecule has 0 amide bonds. The molecule has 0 aromatic heterocycles. The van der Waals surface area contributed by atoms with E-state index in [0.717, 1.165) is 23.8 Å². The Hall–Kier alpha value is -0.0400. The van der Waals surface area contributed by atoms with Gasteiger partial charge in [0, 0.05) is 12.6 Å². The first kappa shape index (κ1) is 9.51. The molecule has 1 saturated heterocycles. The maximum atomic E-state index is 2.61. The lowest BCUT2D eigenvalue weighted by Gasteiger charge is -2.28. The van der Waals surface area contributed by atoms with Crippen LogP contribution < -0.4 is 0 Å². The average Bonchev–Trinajstić information content (AvgIpc) is 2.74. The number of fused-ring (bicyclic) bond motifs is 1. The smallest absolute Gasteiger partial charge is 0.0149 e. The van der Waals surface area contributed by atoms with E-state index < -0.39 is 0 Å². The molecule has 4 unspecified atom stereocenters. The minimum Gasteiger partial charge on any atom is -0.303 e. The van der Waals surface area contributed by atoms with Crippen LogP contribution >= 0.6 is 0 Å². The molecule has 2 aliphatic rings. The Kier molecular flexibility index (Phi) is 2.64. The normalized spacial score (nSPS) is 40.4.